The first kappa shape index (κ1) is 19.0. The number of benzene rings is 2. The monoisotopic (exact) mass is 380 g/mol. The van der Waals surface area contributed by atoms with E-state index >= 15 is 0 Å². The molecule has 3 aromatic rings. The van der Waals surface area contributed by atoms with Gasteiger partial charge in [-0.3, -0.25) is 4.99 Å². The number of guanidine groups is 1. The molecule has 2 aromatic carbocycles. The van der Waals surface area contributed by atoms with Gasteiger partial charge in [-0.25, -0.2) is 4.98 Å². The number of oxazole rings is 1. The van der Waals surface area contributed by atoms with Gasteiger partial charge in [0.25, 0.3) is 0 Å². The third-order valence-corrected chi connectivity index (χ3v) is 4.94. The smallest absolute Gasteiger partial charge is 0.226 e. The summed E-state index contributed by atoms with van der Waals surface area (Å²) in [6.07, 6.45) is 3.77. The first-order valence-electron chi connectivity index (χ1n) is 8.77. The summed E-state index contributed by atoms with van der Waals surface area (Å²) in [5, 5.41) is 6.63. The van der Waals surface area contributed by atoms with Crippen molar-refractivity contribution in [2.45, 2.75) is 24.9 Å². The summed E-state index contributed by atoms with van der Waals surface area (Å²) < 4.78 is 5.57. The molecule has 1 aromatic heterocycles. The first-order valence-corrected chi connectivity index (χ1v) is 10.00. The third-order valence-electron chi connectivity index (χ3n) is 4.12. The molecule has 0 fully saturated rings. The standard InChI is InChI=1S/C21H24N4OS/c1-15-9-10-17(19(11-15)27-3)12-23-21(22-2)24-13-18-14-26-20(25-18)16-7-5-4-6-8-16/h4-11,14H,12-13H2,1-3H3,(H2,22,23,24). The molecule has 3 rings (SSSR count). The van der Waals surface area contributed by atoms with Gasteiger partial charge in [-0.2, -0.15) is 0 Å². The van der Waals surface area contributed by atoms with Gasteiger partial charge in [-0.05, 0) is 42.5 Å². The van der Waals surface area contributed by atoms with Crippen LogP contribution in [0.2, 0.25) is 0 Å². The van der Waals surface area contributed by atoms with Gasteiger partial charge >= 0.3 is 0 Å². The molecule has 0 aliphatic heterocycles. The minimum atomic E-state index is 0.541. The zero-order valence-electron chi connectivity index (χ0n) is 15.8. The average Bonchev–Trinajstić information content (AvgIpc) is 3.18. The Balaban J connectivity index is 1.56. The van der Waals surface area contributed by atoms with E-state index in [1.54, 1.807) is 25.1 Å². The maximum Gasteiger partial charge on any atom is 0.226 e. The van der Waals surface area contributed by atoms with Crippen LogP contribution in [0.25, 0.3) is 11.5 Å². The second kappa shape index (κ2) is 9.28. The molecule has 0 saturated carbocycles. The first-order chi connectivity index (χ1) is 13.2. The average molecular weight is 381 g/mol. The van der Waals surface area contributed by atoms with E-state index in [4.69, 9.17) is 4.42 Å². The van der Waals surface area contributed by atoms with Crippen LogP contribution >= 0.6 is 11.8 Å². The number of nitrogens with one attached hydrogen (secondary N) is 2. The van der Waals surface area contributed by atoms with Crippen molar-refractivity contribution in [3.05, 3.63) is 71.6 Å². The van der Waals surface area contributed by atoms with Crippen LogP contribution in [0.1, 0.15) is 16.8 Å². The second-order valence-electron chi connectivity index (χ2n) is 6.10. The third kappa shape index (κ3) is 5.14. The van der Waals surface area contributed by atoms with Crippen LogP contribution < -0.4 is 10.6 Å². The zero-order valence-corrected chi connectivity index (χ0v) is 16.6. The van der Waals surface area contributed by atoms with Crippen molar-refractivity contribution in [3.63, 3.8) is 0 Å². The maximum atomic E-state index is 5.57. The summed E-state index contributed by atoms with van der Waals surface area (Å²) in [7, 11) is 1.76. The van der Waals surface area contributed by atoms with E-state index in [-0.39, 0.29) is 0 Å². The highest BCUT2D eigenvalue weighted by molar-refractivity contribution is 7.98. The molecule has 0 bridgehead atoms. The molecule has 2 N–H and O–H groups in total. The Morgan fingerprint density at radius 1 is 1.11 bits per heavy atom. The number of thioether (sulfide) groups is 1. The molecule has 27 heavy (non-hydrogen) atoms. The minimum Gasteiger partial charge on any atom is -0.444 e. The molecule has 1 heterocycles. The Bertz CT molecular complexity index is 906. The number of aryl methyl sites for hydroxylation is 1. The quantitative estimate of drug-likeness (QED) is 0.380. The molecule has 0 radical (unpaired) electrons. The van der Waals surface area contributed by atoms with Gasteiger partial charge in [-0.1, -0.05) is 30.3 Å². The number of hydrogen-bond acceptors (Lipinski definition) is 4. The van der Waals surface area contributed by atoms with Crippen LogP contribution in [0, 0.1) is 6.92 Å². The highest BCUT2D eigenvalue weighted by atomic mass is 32.2. The van der Waals surface area contributed by atoms with E-state index < -0.39 is 0 Å². The largest absolute Gasteiger partial charge is 0.444 e. The van der Waals surface area contributed by atoms with Gasteiger partial charge in [0.1, 0.15) is 6.26 Å². The molecular formula is C21H24N4OS. The van der Waals surface area contributed by atoms with Gasteiger partial charge in [0.15, 0.2) is 5.96 Å². The van der Waals surface area contributed by atoms with Crippen molar-refractivity contribution in [1.29, 1.82) is 0 Å². The molecule has 5 nitrogen and oxygen atoms in total. The predicted molar refractivity (Wildman–Crippen MR) is 112 cm³/mol. The fourth-order valence-corrected chi connectivity index (χ4v) is 3.38. The SMILES string of the molecule is CN=C(NCc1coc(-c2ccccc2)n1)NCc1ccc(C)cc1SC. The van der Waals surface area contributed by atoms with Gasteiger partial charge in [0.2, 0.25) is 5.89 Å². The molecule has 0 saturated heterocycles. The Labute approximate surface area is 164 Å². The minimum absolute atomic E-state index is 0.541. The number of aliphatic imine (C=N–C) groups is 1. The van der Waals surface area contributed by atoms with Gasteiger partial charge in [0.05, 0.1) is 12.2 Å². The maximum absolute atomic E-state index is 5.57. The zero-order chi connectivity index (χ0) is 19.1. The van der Waals surface area contributed by atoms with Gasteiger partial charge in [0, 0.05) is 24.1 Å². The molecule has 0 amide bonds. The van der Waals surface area contributed by atoms with E-state index in [1.165, 1.54) is 16.0 Å². The van der Waals surface area contributed by atoms with Crippen molar-refractivity contribution >= 4 is 17.7 Å². The second-order valence-corrected chi connectivity index (χ2v) is 6.95. The highest BCUT2D eigenvalue weighted by Gasteiger charge is 2.08. The number of nitrogens with zero attached hydrogens (tertiary/aromatic N) is 2. The summed E-state index contributed by atoms with van der Waals surface area (Å²) in [5.74, 6) is 1.35. The van der Waals surface area contributed by atoms with Crippen molar-refractivity contribution in [1.82, 2.24) is 15.6 Å². The fourth-order valence-electron chi connectivity index (χ4n) is 2.67. The van der Waals surface area contributed by atoms with Crippen LogP contribution in [0.3, 0.4) is 0 Å². The summed E-state index contributed by atoms with van der Waals surface area (Å²) in [5.41, 5.74) is 4.32. The van der Waals surface area contributed by atoms with E-state index in [2.05, 4.69) is 52.0 Å². The lowest BCUT2D eigenvalue weighted by molar-refractivity contribution is 0.572. The highest BCUT2D eigenvalue weighted by Crippen LogP contribution is 2.21. The van der Waals surface area contributed by atoms with E-state index in [9.17, 15) is 0 Å². The van der Waals surface area contributed by atoms with Crippen LogP contribution in [0.15, 0.2) is 69.1 Å². The number of aromatic nitrogens is 1. The summed E-state index contributed by atoms with van der Waals surface area (Å²) in [6, 6.07) is 16.4. The van der Waals surface area contributed by atoms with Crippen molar-refractivity contribution in [2.75, 3.05) is 13.3 Å². The summed E-state index contributed by atoms with van der Waals surface area (Å²) in [4.78, 5) is 10.1. The summed E-state index contributed by atoms with van der Waals surface area (Å²) in [6.45, 7) is 3.36. The normalized spacial score (nSPS) is 11.4. The Morgan fingerprint density at radius 2 is 1.89 bits per heavy atom. The molecular weight excluding hydrogens is 356 g/mol. The molecule has 6 heteroatoms. The Morgan fingerprint density at radius 3 is 2.63 bits per heavy atom. The van der Waals surface area contributed by atoms with Crippen molar-refractivity contribution < 1.29 is 4.42 Å². The molecule has 0 unspecified atom stereocenters. The van der Waals surface area contributed by atoms with E-state index in [0.717, 1.165) is 17.2 Å². The van der Waals surface area contributed by atoms with Crippen molar-refractivity contribution in [2.24, 2.45) is 4.99 Å². The lowest BCUT2D eigenvalue weighted by atomic mass is 10.1. The summed E-state index contributed by atoms with van der Waals surface area (Å²) >= 11 is 1.76. The van der Waals surface area contributed by atoms with Gasteiger partial charge < -0.3 is 15.1 Å². The Kier molecular flexibility index (Phi) is 6.54. The fraction of sp³-hybridized carbons (Fsp3) is 0.238. The molecule has 0 aliphatic rings. The van der Waals surface area contributed by atoms with Crippen LogP contribution in [-0.2, 0) is 13.1 Å². The van der Waals surface area contributed by atoms with Gasteiger partial charge in [-0.15, -0.1) is 11.8 Å². The number of rotatable bonds is 6. The molecule has 0 aliphatic carbocycles. The molecule has 0 atom stereocenters. The van der Waals surface area contributed by atoms with Crippen molar-refractivity contribution in [3.8, 4) is 11.5 Å². The molecule has 0 spiro atoms. The van der Waals surface area contributed by atoms with E-state index in [0.29, 0.717) is 19.0 Å². The van der Waals surface area contributed by atoms with Crippen LogP contribution in [0.5, 0.6) is 0 Å². The lowest BCUT2D eigenvalue weighted by Crippen LogP contribution is -2.36. The van der Waals surface area contributed by atoms with Crippen LogP contribution in [0.4, 0.5) is 0 Å². The predicted octanol–water partition coefficient (Wildman–Crippen LogP) is 4.24. The van der Waals surface area contributed by atoms with Crippen LogP contribution in [-0.4, -0.2) is 24.2 Å². The molecule has 140 valence electrons. The number of hydrogen-bond donors (Lipinski definition) is 2. The van der Waals surface area contributed by atoms with E-state index in [1.807, 2.05) is 30.3 Å². The lowest BCUT2D eigenvalue weighted by Gasteiger charge is -2.13. The topological polar surface area (TPSA) is 62.5 Å². The Hall–Kier alpha value is -2.73.